The Labute approximate surface area is 675 Å². The maximum atomic E-state index is 9.73. The van der Waals surface area contributed by atoms with Gasteiger partial charge in [-0.05, 0) is 177 Å². The number of hydrogen-bond acceptors (Lipinski definition) is 2. The van der Waals surface area contributed by atoms with Gasteiger partial charge in [-0.25, -0.2) is 0 Å². The van der Waals surface area contributed by atoms with Gasteiger partial charge in [0.15, 0.2) is 0 Å². The molecule has 0 bridgehead atoms. The van der Waals surface area contributed by atoms with E-state index in [1.165, 1.54) is 18.3 Å². The predicted octanol–water partition coefficient (Wildman–Crippen LogP) is 24.8. The number of aromatic nitrogens is 4. The minimum absolute atomic E-state index is 0.0384. The van der Waals surface area contributed by atoms with Gasteiger partial charge in [0.25, 0.3) is 6.71 Å². The zero-order chi connectivity index (χ0) is 99.2. The zero-order valence-corrected chi connectivity index (χ0v) is 56.8. The molecule has 0 N–H and O–H groups in total. The number of fused-ring (bicyclic) bond motifs is 16. The van der Waals surface area contributed by atoms with Gasteiger partial charge < -0.3 is 28.1 Å². The molecule has 0 atom stereocenters. The van der Waals surface area contributed by atoms with Crippen molar-refractivity contribution in [1.82, 2.24) is 18.3 Å². The highest BCUT2D eigenvalue weighted by Gasteiger charge is 2.44. The van der Waals surface area contributed by atoms with Gasteiger partial charge in [-0.15, -0.1) is 0 Å². The highest BCUT2D eigenvalue weighted by molar-refractivity contribution is 7.00. The summed E-state index contributed by atoms with van der Waals surface area (Å²) in [6.07, 6.45) is 0. The van der Waals surface area contributed by atoms with Crippen LogP contribution in [0.4, 0.5) is 34.1 Å². The van der Waals surface area contributed by atoms with Crippen LogP contribution in [-0.2, 0) is 0 Å². The normalized spacial score (nSPS) is 16.6. The molecule has 0 spiro atoms. The van der Waals surface area contributed by atoms with E-state index in [9.17, 15) is 19.2 Å². The number of rotatable bonds is 10. The Balaban J connectivity index is 0.743. The Kier molecular flexibility index (Phi) is 8.29. The molecular formula is C102H65BN6. The minimum atomic E-state index is -0.853. The zero-order valence-electron chi connectivity index (χ0n) is 88.8. The van der Waals surface area contributed by atoms with E-state index < -0.39 is 200 Å². The second kappa shape index (κ2) is 24.1. The van der Waals surface area contributed by atoms with Crippen LogP contribution < -0.4 is 26.2 Å². The van der Waals surface area contributed by atoms with Gasteiger partial charge in [-0.3, -0.25) is 0 Å². The van der Waals surface area contributed by atoms with Crippen LogP contribution in [0.1, 0.15) is 43.9 Å². The van der Waals surface area contributed by atoms with Crippen LogP contribution in [0.3, 0.4) is 0 Å². The SMILES string of the molecule is [2H]c1c([2H])c([2H])c2c(c1[2H])c1c([2H])c([2H])c([2H])c([2H])c1n2-c1ccc(-c2ccc(-c3ccccc3N3c4cc(-n5c6c([2H])c([2H])c([2H])c([2H])c6c6c([2H])c([2H])c([2H])c([2H])c65)ccc4B4c5ccc(-n6c7c([2H])c([2H])c([2H])c([2H])c7c7c([2H])c([2H])c([2H])c([2H])c76)cc5N(c5ccccc5-c5cccc(-c6ccc(-n7c8c([2H])c([2H])c([2H])c([2H])c8c8c([2H])c([2H])c([2H])c([2H])c87)cc6)c5)c5cccc3c54)cc2)cc1. The highest BCUT2D eigenvalue weighted by atomic mass is 15.2. The molecule has 2 aliphatic rings. The monoisotopic (exact) mass is 1420 g/mol. The van der Waals surface area contributed by atoms with E-state index >= 15 is 0 Å². The van der Waals surface area contributed by atoms with Gasteiger partial charge in [0.05, 0.1) is 99.4 Å². The molecule has 21 aromatic rings. The molecule has 0 fully saturated rings. The Hall–Kier alpha value is -14.4. The fourth-order valence-corrected chi connectivity index (χ4v) is 16.6. The van der Waals surface area contributed by atoms with Crippen molar-refractivity contribution in [2.75, 3.05) is 9.80 Å². The highest BCUT2D eigenvalue weighted by Crippen LogP contribution is 2.50. The van der Waals surface area contributed by atoms with E-state index in [4.69, 9.17) is 24.7 Å². The van der Waals surface area contributed by atoms with E-state index in [1.807, 2.05) is 140 Å². The first-order chi connectivity index (χ1) is 67.4. The molecule has 6 nitrogen and oxygen atoms in total. The molecule has 2 aliphatic heterocycles. The average Bonchev–Trinajstić information content (AvgIpc) is 1.60. The summed E-state index contributed by atoms with van der Waals surface area (Å²) in [7, 11) is 0. The van der Waals surface area contributed by atoms with Crippen LogP contribution >= 0.6 is 0 Å². The lowest BCUT2D eigenvalue weighted by molar-refractivity contribution is 1.17. The Morgan fingerprint density at radius 1 is 0.202 bits per heavy atom. The minimum Gasteiger partial charge on any atom is -0.311 e. The topological polar surface area (TPSA) is 26.2 Å². The molecule has 0 unspecified atom stereocenters. The summed E-state index contributed by atoms with van der Waals surface area (Å²) in [6.45, 7) is -0.853. The molecule has 506 valence electrons. The van der Waals surface area contributed by atoms with Crippen molar-refractivity contribution < 1.29 is 43.9 Å². The lowest BCUT2D eigenvalue weighted by atomic mass is 9.33. The quantitative estimate of drug-likeness (QED) is 0.128. The van der Waals surface area contributed by atoms with E-state index in [0.29, 0.717) is 106 Å². The molecule has 109 heavy (non-hydrogen) atoms. The largest absolute Gasteiger partial charge is 0.311 e. The summed E-state index contributed by atoms with van der Waals surface area (Å²) in [5.74, 6) is 0. The molecule has 23 rings (SSSR count). The molecular weight excluding hydrogens is 1320 g/mol. The van der Waals surface area contributed by atoms with Crippen molar-refractivity contribution >= 4 is 144 Å². The summed E-state index contributed by atoms with van der Waals surface area (Å²) in [4.78, 5) is 4.14. The van der Waals surface area contributed by atoms with Gasteiger partial charge in [0.2, 0.25) is 0 Å². The molecule has 0 saturated carbocycles. The van der Waals surface area contributed by atoms with Gasteiger partial charge >= 0.3 is 0 Å². The first-order valence-electron chi connectivity index (χ1n) is 51.1. The number of para-hydroxylation sites is 10. The molecule has 0 saturated heterocycles. The third-order valence-electron chi connectivity index (χ3n) is 21.2. The van der Waals surface area contributed by atoms with Crippen molar-refractivity contribution in [3.63, 3.8) is 0 Å². The maximum absolute atomic E-state index is 9.73. The molecule has 17 aromatic carbocycles. The summed E-state index contributed by atoms with van der Waals surface area (Å²) >= 11 is 0. The van der Waals surface area contributed by atoms with E-state index in [2.05, 4.69) is 9.80 Å². The molecule has 6 heterocycles. The van der Waals surface area contributed by atoms with E-state index in [0.717, 1.165) is 0 Å². The fraction of sp³-hybridized carbons (Fsp3) is 0. The number of nitrogens with zero attached hydrogens (tertiary/aromatic N) is 6. The predicted molar refractivity (Wildman–Crippen MR) is 460 cm³/mol. The van der Waals surface area contributed by atoms with Gasteiger partial charge in [-0.2, -0.15) is 0 Å². The van der Waals surface area contributed by atoms with Gasteiger partial charge in [0, 0.05) is 99.7 Å². The van der Waals surface area contributed by atoms with Crippen molar-refractivity contribution in [3.8, 4) is 67.3 Å². The lowest BCUT2D eigenvalue weighted by Gasteiger charge is -2.45. The van der Waals surface area contributed by atoms with Crippen LogP contribution in [0.15, 0.2) is 394 Å². The van der Waals surface area contributed by atoms with Crippen LogP contribution in [-0.4, -0.2) is 25.0 Å². The Morgan fingerprint density at radius 2 is 0.477 bits per heavy atom. The van der Waals surface area contributed by atoms with Crippen molar-refractivity contribution in [2.24, 2.45) is 0 Å². The first-order valence-corrected chi connectivity index (χ1v) is 35.1. The number of benzene rings is 17. The summed E-state index contributed by atoms with van der Waals surface area (Å²) in [5.41, 5.74) is 10.8. The smallest absolute Gasteiger partial charge is 0.252 e. The van der Waals surface area contributed by atoms with Crippen LogP contribution in [0.2, 0.25) is 0 Å². The fourth-order valence-electron chi connectivity index (χ4n) is 16.6. The van der Waals surface area contributed by atoms with E-state index in [-0.39, 0.29) is 98.6 Å². The third kappa shape index (κ3) is 9.24. The Morgan fingerprint density at radius 3 is 0.853 bits per heavy atom. The second-order valence-electron chi connectivity index (χ2n) is 26.7. The average molecular weight is 1420 g/mol. The molecule has 7 heteroatoms. The standard InChI is InChI=1S/C102H65BN6/c1-11-35-88(76(25-1)69-49-47-66(48-50-69)67-51-55-72(56-52-67)104-90-37-13-3-27-78(90)79-28-4-14-38-91(79)104)108-98-45-22-46-99-102(98)103(86-61-59-74(64-100(86)108)106-94-41-17-7-31-82(94)83-32-8-18-42-95(83)106)87-62-60-75(107-96-43-19-9-33-84(96)85-34-10-20-44-97(85)107)65-101(87)109(99)89-36-12-2-26-77(89)71-24-21-23-70(63-71)68-53-57-73(58-54-68)105-92-39-15-5-29-80(92)81-30-6-16-40-93(81)105/h1-65H/i3D,4D,5D,6D,7D,8D,9D,10D,13D,14D,15D,16D,17D,18D,19D,20D,27D,28D,29D,30D,31D,32D,33D,34D,37D,38D,39D,40D,41D,42D,43D,44D. The summed E-state index contributed by atoms with van der Waals surface area (Å²) in [5, 5.41) is -0.927. The number of anilines is 6. The van der Waals surface area contributed by atoms with Gasteiger partial charge in [0.1, 0.15) is 0 Å². The Bertz CT molecular complexity index is 9050. The molecule has 0 aliphatic carbocycles. The molecule has 4 aromatic heterocycles. The van der Waals surface area contributed by atoms with Crippen molar-refractivity contribution in [1.29, 1.82) is 0 Å². The molecule has 0 radical (unpaired) electrons. The molecule has 0 amide bonds. The third-order valence-corrected chi connectivity index (χ3v) is 21.2. The van der Waals surface area contributed by atoms with E-state index in [1.54, 1.807) is 60.7 Å². The second-order valence-corrected chi connectivity index (χ2v) is 26.7. The summed E-state index contributed by atoms with van der Waals surface area (Å²) < 4.78 is 298. The van der Waals surface area contributed by atoms with Crippen LogP contribution in [0.25, 0.3) is 154 Å². The first kappa shape index (κ1) is 37.5. The van der Waals surface area contributed by atoms with Crippen LogP contribution in [0, 0.1) is 0 Å². The number of hydrogen-bond donors (Lipinski definition) is 0. The maximum Gasteiger partial charge on any atom is 0.252 e. The van der Waals surface area contributed by atoms with Crippen molar-refractivity contribution in [3.05, 3.63) is 394 Å². The van der Waals surface area contributed by atoms with Crippen LogP contribution in [0.5, 0.6) is 0 Å². The van der Waals surface area contributed by atoms with Gasteiger partial charge in [-0.1, -0.05) is 266 Å². The van der Waals surface area contributed by atoms with Crippen molar-refractivity contribution in [2.45, 2.75) is 0 Å². The summed E-state index contributed by atoms with van der Waals surface area (Å²) in [6, 6.07) is 43.5. The lowest BCUT2D eigenvalue weighted by Crippen LogP contribution is -2.61.